The van der Waals surface area contributed by atoms with Crippen LogP contribution in [0.4, 0.5) is 18.4 Å². The Balaban J connectivity index is 0.000000227. The summed E-state index contributed by atoms with van der Waals surface area (Å²) in [6.45, 7) is 18.7. The van der Waals surface area contributed by atoms with Gasteiger partial charge < -0.3 is 44.9 Å². The van der Waals surface area contributed by atoms with Gasteiger partial charge in [-0.25, -0.2) is 32.8 Å². The number of nitrogens with two attached hydrogens (primary N) is 1. The number of halogens is 2. The predicted octanol–water partition coefficient (Wildman–Crippen LogP) is 10.4. The Morgan fingerprint density at radius 2 is 0.904 bits per heavy atom. The third kappa shape index (κ3) is 19.6. The van der Waals surface area contributed by atoms with Crippen LogP contribution < -0.4 is 11.1 Å². The number of hydrogen-bond acceptors (Lipinski definition) is 13. The SMILES string of the molecule is CC(C)(C)OC(=O)N1CCN(Cc2cccc(-c3cc(CN)ccc3F)c2)CC1.COC(=O)c1cccc(C(=O)NCc2ccc(F)c(-c3cccc(CN4CCN(C(=O)OC(C)(C)C)CC4)c3)c2)c1.COC(=O)c1cccc(C(=O)O)c1. The second-order valence-corrected chi connectivity index (χ2v) is 21.9. The molecule has 440 valence electrons. The van der Waals surface area contributed by atoms with E-state index >= 15 is 0 Å². The highest BCUT2D eigenvalue weighted by molar-refractivity contribution is 5.98. The smallest absolute Gasteiger partial charge is 0.410 e. The van der Waals surface area contributed by atoms with Crippen LogP contribution in [-0.2, 0) is 45.1 Å². The van der Waals surface area contributed by atoms with Crippen LogP contribution >= 0.6 is 0 Å². The van der Waals surface area contributed by atoms with E-state index in [9.17, 15) is 37.5 Å². The summed E-state index contributed by atoms with van der Waals surface area (Å²) in [5.74, 6) is -3.07. The van der Waals surface area contributed by atoms with Gasteiger partial charge in [0, 0.05) is 95.2 Å². The molecule has 2 heterocycles. The minimum atomic E-state index is -1.06. The Morgan fingerprint density at radius 3 is 1.33 bits per heavy atom. The van der Waals surface area contributed by atoms with Gasteiger partial charge in [0.1, 0.15) is 22.8 Å². The molecular weight excluding hydrogens is 1070 g/mol. The maximum Gasteiger partial charge on any atom is 0.410 e. The number of benzene rings is 6. The average molecular weight is 1140 g/mol. The molecular formula is C64H74F2N6O11. The molecule has 6 aromatic carbocycles. The molecule has 0 atom stereocenters. The Kier molecular flexibility index (Phi) is 22.6. The first-order valence-electron chi connectivity index (χ1n) is 27.2. The second-order valence-electron chi connectivity index (χ2n) is 21.9. The normalized spacial score (nSPS) is 13.7. The highest BCUT2D eigenvalue weighted by atomic mass is 19.1. The fourth-order valence-electron chi connectivity index (χ4n) is 8.93. The molecule has 2 fully saturated rings. The highest BCUT2D eigenvalue weighted by Crippen LogP contribution is 2.28. The molecule has 0 spiro atoms. The summed E-state index contributed by atoms with van der Waals surface area (Å²) >= 11 is 0. The molecule has 8 rings (SSSR count). The lowest BCUT2D eigenvalue weighted by atomic mass is 10.00. The van der Waals surface area contributed by atoms with Crippen molar-refractivity contribution in [3.05, 3.63) is 190 Å². The van der Waals surface area contributed by atoms with Gasteiger partial charge in [0.2, 0.25) is 0 Å². The number of esters is 2. The molecule has 19 heteroatoms. The summed E-state index contributed by atoms with van der Waals surface area (Å²) < 4.78 is 49.3. The molecule has 17 nitrogen and oxygen atoms in total. The molecule has 2 saturated heterocycles. The third-order valence-electron chi connectivity index (χ3n) is 13.2. The van der Waals surface area contributed by atoms with Crippen molar-refractivity contribution in [3.63, 3.8) is 0 Å². The van der Waals surface area contributed by atoms with E-state index in [1.54, 1.807) is 46.2 Å². The lowest BCUT2D eigenvalue weighted by molar-refractivity contribution is 0.0129. The maximum atomic E-state index is 14.9. The largest absolute Gasteiger partial charge is 0.478 e. The van der Waals surface area contributed by atoms with Gasteiger partial charge in [-0.2, -0.15) is 0 Å². The molecule has 6 aromatic rings. The first-order valence-corrected chi connectivity index (χ1v) is 27.2. The molecule has 0 unspecified atom stereocenters. The highest BCUT2D eigenvalue weighted by Gasteiger charge is 2.28. The van der Waals surface area contributed by atoms with Crippen LogP contribution in [0.2, 0.25) is 0 Å². The van der Waals surface area contributed by atoms with Gasteiger partial charge in [-0.1, -0.05) is 60.7 Å². The van der Waals surface area contributed by atoms with E-state index in [2.05, 4.69) is 25.9 Å². The maximum absolute atomic E-state index is 14.9. The molecule has 83 heavy (non-hydrogen) atoms. The van der Waals surface area contributed by atoms with Crippen molar-refractivity contribution in [3.8, 4) is 22.3 Å². The van der Waals surface area contributed by atoms with Crippen LogP contribution in [0, 0.1) is 11.6 Å². The molecule has 0 aliphatic carbocycles. The summed E-state index contributed by atoms with van der Waals surface area (Å²) in [5, 5.41) is 11.4. The first kappa shape index (κ1) is 63.7. The fraction of sp³-hybridized carbons (Fsp3) is 0.344. The van der Waals surface area contributed by atoms with E-state index in [4.69, 9.17) is 25.1 Å². The van der Waals surface area contributed by atoms with Crippen molar-refractivity contribution < 1.29 is 61.6 Å². The van der Waals surface area contributed by atoms with Gasteiger partial charge in [0.15, 0.2) is 0 Å². The lowest BCUT2D eigenvalue weighted by Gasteiger charge is -2.35. The number of carbonyl (C=O) groups excluding carboxylic acids is 5. The van der Waals surface area contributed by atoms with E-state index in [-0.39, 0.29) is 53.0 Å². The van der Waals surface area contributed by atoms with Crippen LogP contribution in [0.1, 0.15) is 105 Å². The second kappa shape index (κ2) is 29.5. The zero-order valence-electron chi connectivity index (χ0n) is 48.3. The number of hydrogen-bond donors (Lipinski definition) is 3. The predicted molar refractivity (Wildman–Crippen MR) is 311 cm³/mol. The molecule has 4 N–H and O–H groups in total. The zero-order valence-corrected chi connectivity index (χ0v) is 48.3. The molecule has 0 radical (unpaired) electrons. The van der Waals surface area contributed by atoms with Crippen molar-refractivity contribution >= 4 is 36.0 Å². The quantitative estimate of drug-likeness (QED) is 0.0726. The summed E-state index contributed by atoms with van der Waals surface area (Å²) in [4.78, 5) is 78.6. The minimum Gasteiger partial charge on any atom is -0.478 e. The molecule has 2 aliphatic heterocycles. The number of amides is 3. The summed E-state index contributed by atoms with van der Waals surface area (Å²) in [6.07, 6.45) is -0.546. The van der Waals surface area contributed by atoms with Gasteiger partial charge in [0.25, 0.3) is 5.91 Å². The summed E-state index contributed by atoms with van der Waals surface area (Å²) in [5.41, 5.74) is 12.0. The van der Waals surface area contributed by atoms with Crippen LogP contribution in [-0.4, -0.2) is 138 Å². The molecule has 0 saturated carbocycles. The third-order valence-corrected chi connectivity index (χ3v) is 13.2. The zero-order chi connectivity index (χ0) is 60.4. The van der Waals surface area contributed by atoms with Crippen molar-refractivity contribution in [1.29, 1.82) is 0 Å². The van der Waals surface area contributed by atoms with Crippen molar-refractivity contribution in [2.75, 3.05) is 66.6 Å². The lowest BCUT2D eigenvalue weighted by Crippen LogP contribution is -2.49. The van der Waals surface area contributed by atoms with Gasteiger partial charge in [0.05, 0.1) is 30.9 Å². The van der Waals surface area contributed by atoms with E-state index in [1.807, 2.05) is 90.1 Å². The van der Waals surface area contributed by atoms with Gasteiger partial charge in [-0.3, -0.25) is 14.6 Å². The summed E-state index contributed by atoms with van der Waals surface area (Å²) in [6, 6.07) is 37.4. The van der Waals surface area contributed by atoms with Gasteiger partial charge in [-0.15, -0.1) is 0 Å². The number of carboxylic acid groups (broad SMARTS) is 1. The number of methoxy groups -OCH3 is 2. The number of ether oxygens (including phenoxy) is 4. The monoisotopic (exact) mass is 1140 g/mol. The standard InChI is InChI=1S/C32H36FN3O5.C23H30FN3O2.C9H8O4/c1-32(2,3)41-31(39)36-15-13-35(14-16-36)21-23-7-5-8-24(17-23)27-18-22(11-12-28(27)33)20-34-29(37)25-9-6-10-26(19-25)30(38)40-4;1-23(2,3)29-22(28)27-11-9-26(10-12-27)16-18-5-4-6-19(13-18)20-14-17(15-25)7-8-21(20)24;1-13-9(12)7-4-2-3-6(5-7)8(10)11/h5-12,17-19H,13-16,20-21H2,1-4H3,(H,34,37);4-8,13-14H,9-12,15-16,25H2,1-3H3;2-5H,1H3,(H,10,11). The number of carbonyl (C=O) groups is 6. The summed E-state index contributed by atoms with van der Waals surface area (Å²) in [7, 11) is 2.53. The van der Waals surface area contributed by atoms with Crippen molar-refractivity contribution in [2.24, 2.45) is 5.73 Å². The van der Waals surface area contributed by atoms with E-state index in [1.165, 1.54) is 56.7 Å². The Labute approximate surface area is 483 Å². The van der Waals surface area contributed by atoms with Gasteiger partial charge in [-0.05, 0) is 148 Å². The fourth-order valence-corrected chi connectivity index (χ4v) is 8.93. The minimum absolute atomic E-state index is 0.0721. The van der Waals surface area contributed by atoms with Crippen LogP contribution in [0.25, 0.3) is 22.3 Å². The Hall–Kier alpha value is -8.52. The average Bonchev–Trinajstić information content (AvgIpc) is 3.68. The molecule has 0 bridgehead atoms. The number of piperazine rings is 2. The Morgan fingerprint density at radius 1 is 0.506 bits per heavy atom. The molecule has 3 amide bonds. The number of carboxylic acids is 1. The topological polar surface area (TPSA) is 211 Å². The van der Waals surface area contributed by atoms with Crippen LogP contribution in [0.3, 0.4) is 0 Å². The Bertz CT molecular complexity index is 3230. The van der Waals surface area contributed by atoms with Crippen molar-refractivity contribution in [1.82, 2.24) is 24.9 Å². The van der Waals surface area contributed by atoms with Crippen LogP contribution in [0.5, 0.6) is 0 Å². The molecule has 0 aromatic heterocycles. The van der Waals surface area contributed by atoms with E-state index < -0.39 is 29.1 Å². The van der Waals surface area contributed by atoms with Crippen LogP contribution in [0.15, 0.2) is 133 Å². The first-order chi connectivity index (χ1) is 39.4. The number of rotatable bonds is 13. The molecule has 2 aliphatic rings. The van der Waals surface area contributed by atoms with E-state index in [0.29, 0.717) is 56.0 Å². The number of nitrogens with zero attached hydrogens (tertiary/aromatic N) is 4. The number of aromatic carboxylic acids is 1. The number of nitrogens with one attached hydrogen (secondary N) is 1. The van der Waals surface area contributed by atoms with Crippen molar-refractivity contribution in [2.45, 2.75) is 78.9 Å². The van der Waals surface area contributed by atoms with Gasteiger partial charge >= 0.3 is 30.1 Å². The van der Waals surface area contributed by atoms with E-state index in [0.717, 1.165) is 66.1 Å².